The van der Waals surface area contributed by atoms with Crippen molar-refractivity contribution in [1.82, 2.24) is 9.97 Å². The molecule has 1 fully saturated rings. The van der Waals surface area contributed by atoms with Crippen molar-refractivity contribution in [2.75, 3.05) is 18.0 Å². The standard InChI is InChI=1S/C19H18FN3/c20-17-7-3-1-5-15(17)14-9-11-23(12-10-14)19-16-6-2-4-8-18(16)21-13-22-19/h1-8,13-14H,9-12H2. The Bertz CT molecular complexity index is 820. The van der Waals surface area contributed by atoms with E-state index in [1.807, 2.05) is 30.3 Å². The van der Waals surface area contributed by atoms with Crippen molar-refractivity contribution < 1.29 is 4.39 Å². The first-order valence-electron chi connectivity index (χ1n) is 8.02. The van der Waals surface area contributed by atoms with Crippen LogP contribution in [0.25, 0.3) is 10.9 Å². The number of hydrogen-bond acceptors (Lipinski definition) is 3. The molecule has 1 aliphatic heterocycles. The smallest absolute Gasteiger partial charge is 0.139 e. The first-order chi connectivity index (χ1) is 11.3. The van der Waals surface area contributed by atoms with Crippen molar-refractivity contribution in [3.8, 4) is 0 Å². The van der Waals surface area contributed by atoms with Gasteiger partial charge in [-0.15, -0.1) is 0 Å². The predicted molar refractivity (Wildman–Crippen MR) is 90.1 cm³/mol. The summed E-state index contributed by atoms with van der Waals surface area (Å²) in [7, 11) is 0. The number of nitrogens with zero attached hydrogens (tertiary/aromatic N) is 3. The predicted octanol–water partition coefficient (Wildman–Crippen LogP) is 4.15. The highest BCUT2D eigenvalue weighted by atomic mass is 19.1. The highest BCUT2D eigenvalue weighted by Crippen LogP contribution is 2.33. The summed E-state index contributed by atoms with van der Waals surface area (Å²) in [4.78, 5) is 11.1. The fraction of sp³-hybridized carbons (Fsp3) is 0.263. The van der Waals surface area contributed by atoms with Crippen LogP contribution in [-0.2, 0) is 0 Å². The van der Waals surface area contributed by atoms with Crippen LogP contribution in [0.2, 0.25) is 0 Å². The number of aromatic nitrogens is 2. The first kappa shape index (κ1) is 14.1. The van der Waals surface area contributed by atoms with Crippen LogP contribution in [0.4, 0.5) is 10.2 Å². The van der Waals surface area contributed by atoms with Gasteiger partial charge in [-0.3, -0.25) is 0 Å². The molecule has 0 N–H and O–H groups in total. The number of anilines is 1. The van der Waals surface area contributed by atoms with E-state index < -0.39 is 0 Å². The molecule has 3 nitrogen and oxygen atoms in total. The minimum atomic E-state index is -0.0848. The SMILES string of the molecule is Fc1ccccc1C1CCN(c2ncnc3ccccc23)CC1. The Morgan fingerprint density at radius 3 is 2.48 bits per heavy atom. The lowest BCUT2D eigenvalue weighted by molar-refractivity contribution is 0.480. The number of piperidine rings is 1. The largest absolute Gasteiger partial charge is 0.356 e. The second kappa shape index (κ2) is 5.95. The van der Waals surface area contributed by atoms with Crippen molar-refractivity contribution in [2.45, 2.75) is 18.8 Å². The lowest BCUT2D eigenvalue weighted by atomic mass is 9.89. The fourth-order valence-electron chi connectivity index (χ4n) is 3.45. The number of halogens is 1. The van der Waals surface area contributed by atoms with Crippen LogP contribution >= 0.6 is 0 Å². The zero-order valence-electron chi connectivity index (χ0n) is 12.8. The molecule has 0 spiro atoms. The topological polar surface area (TPSA) is 29.0 Å². The summed E-state index contributed by atoms with van der Waals surface area (Å²) in [5, 5.41) is 1.08. The van der Waals surface area contributed by atoms with Crippen molar-refractivity contribution in [3.63, 3.8) is 0 Å². The van der Waals surface area contributed by atoms with E-state index in [0.29, 0.717) is 5.92 Å². The number of fused-ring (bicyclic) bond motifs is 1. The third-order valence-corrected chi connectivity index (χ3v) is 4.66. The molecule has 2 aromatic carbocycles. The summed E-state index contributed by atoms with van der Waals surface area (Å²) in [6, 6.07) is 15.2. The van der Waals surface area contributed by atoms with E-state index in [0.717, 1.165) is 48.2 Å². The monoisotopic (exact) mass is 307 g/mol. The van der Waals surface area contributed by atoms with Crippen LogP contribution in [0.15, 0.2) is 54.9 Å². The van der Waals surface area contributed by atoms with Crippen LogP contribution in [0, 0.1) is 5.82 Å². The summed E-state index contributed by atoms with van der Waals surface area (Å²) < 4.78 is 14.0. The molecule has 0 amide bonds. The Kier molecular flexibility index (Phi) is 3.66. The summed E-state index contributed by atoms with van der Waals surface area (Å²) in [6.45, 7) is 1.78. The van der Waals surface area contributed by atoms with Crippen LogP contribution < -0.4 is 4.90 Å². The molecule has 23 heavy (non-hydrogen) atoms. The lowest BCUT2D eigenvalue weighted by Gasteiger charge is -2.33. The maximum absolute atomic E-state index is 14.0. The molecule has 2 heterocycles. The van der Waals surface area contributed by atoms with E-state index in [1.165, 1.54) is 0 Å². The molecule has 1 aliphatic rings. The van der Waals surface area contributed by atoms with Gasteiger partial charge in [0.05, 0.1) is 5.52 Å². The minimum absolute atomic E-state index is 0.0848. The summed E-state index contributed by atoms with van der Waals surface area (Å²) in [5.74, 6) is 1.20. The lowest BCUT2D eigenvalue weighted by Crippen LogP contribution is -2.33. The van der Waals surface area contributed by atoms with Crippen molar-refractivity contribution >= 4 is 16.7 Å². The van der Waals surface area contributed by atoms with E-state index in [-0.39, 0.29) is 5.82 Å². The second-order valence-corrected chi connectivity index (χ2v) is 6.00. The number of para-hydroxylation sites is 1. The van der Waals surface area contributed by atoms with Crippen LogP contribution in [0.1, 0.15) is 24.3 Å². The van der Waals surface area contributed by atoms with Crippen molar-refractivity contribution in [2.24, 2.45) is 0 Å². The van der Waals surface area contributed by atoms with Crippen LogP contribution in [-0.4, -0.2) is 23.1 Å². The summed E-state index contributed by atoms with van der Waals surface area (Å²) in [6.07, 6.45) is 3.51. The number of rotatable bonds is 2. The minimum Gasteiger partial charge on any atom is -0.356 e. The quantitative estimate of drug-likeness (QED) is 0.712. The summed E-state index contributed by atoms with van der Waals surface area (Å²) in [5.41, 5.74) is 1.81. The van der Waals surface area contributed by atoms with Gasteiger partial charge in [-0.1, -0.05) is 30.3 Å². The van der Waals surface area contributed by atoms with Gasteiger partial charge in [0, 0.05) is 18.5 Å². The maximum Gasteiger partial charge on any atom is 0.139 e. The molecule has 4 rings (SSSR count). The molecule has 3 aromatic rings. The molecule has 0 unspecified atom stereocenters. The van der Waals surface area contributed by atoms with Crippen LogP contribution in [0.3, 0.4) is 0 Å². The zero-order chi connectivity index (χ0) is 15.6. The van der Waals surface area contributed by atoms with Crippen LogP contribution in [0.5, 0.6) is 0 Å². The molecule has 0 saturated carbocycles. The Balaban J connectivity index is 1.57. The normalized spacial score (nSPS) is 16.0. The molecule has 4 heteroatoms. The first-order valence-corrected chi connectivity index (χ1v) is 8.02. The molecule has 1 saturated heterocycles. The van der Waals surface area contributed by atoms with E-state index in [4.69, 9.17) is 0 Å². The van der Waals surface area contributed by atoms with Gasteiger partial charge in [-0.25, -0.2) is 14.4 Å². The molecule has 0 aliphatic carbocycles. The average molecular weight is 307 g/mol. The number of hydrogen-bond donors (Lipinski definition) is 0. The number of benzene rings is 2. The Morgan fingerprint density at radius 1 is 0.913 bits per heavy atom. The van der Waals surface area contributed by atoms with Gasteiger partial charge in [-0.2, -0.15) is 0 Å². The Hall–Kier alpha value is -2.49. The van der Waals surface area contributed by atoms with E-state index in [1.54, 1.807) is 18.5 Å². The van der Waals surface area contributed by atoms with Gasteiger partial charge < -0.3 is 4.90 Å². The van der Waals surface area contributed by atoms with Gasteiger partial charge in [0.25, 0.3) is 0 Å². The van der Waals surface area contributed by atoms with Gasteiger partial charge in [0.1, 0.15) is 18.0 Å². The molecule has 116 valence electrons. The van der Waals surface area contributed by atoms with Gasteiger partial charge >= 0.3 is 0 Å². The third-order valence-electron chi connectivity index (χ3n) is 4.66. The Morgan fingerprint density at radius 2 is 1.65 bits per heavy atom. The molecule has 1 aromatic heterocycles. The zero-order valence-corrected chi connectivity index (χ0v) is 12.8. The molecular weight excluding hydrogens is 289 g/mol. The van der Waals surface area contributed by atoms with Crippen molar-refractivity contribution in [3.05, 3.63) is 66.2 Å². The van der Waals surface area contributed by atoms with E-state index >= 15 is 0 Å². The molecular formula is C19H18FN3. The van der Waals surface area contributed by atoms with Gasteiger partial charge in [0.15, 0.2) is 0 Å². The highest BCUT2D eigenvalue weighted by molar-refractivity contribution is 5.89. The highest BCUT2D eigenvalue weighted by Gasteiger charge is 2.24. The Labute approximate surface area is 134 Å². The molecule has 0 radical (unpaired) electrons. The van der Waals surface area contributed by atoms with Crippen molar-refractivity contribution in [1.29, 1.82) is 0 Å². The van der Waals surface area contributed by atoms with Gasteiger partial charge in [0.2, 0.25) is 0 Å². The van der Waals surface area contributed by atoms with E-state index in [9.17, 15) is 4.39 Å². The average Bonchev–Trinajstić information content (AvgIpc) is 2.62. The van der Waals surface area contributed by atoms with Gasteiger partial charge in [-0.05, 0) is 42.5 Å². The summed E-state index contributed by atoms with van der Waals surface area (Å²) >= 11 is 0. The molecule has 0 atom stereocenters. The second-order valence-electron chi connectivity index (χ2n) is 6.00. The maximum atomic E-state index is 14.0. The fourth-order valence-corrected chi connectivity index (χ4v) is 3.45. The third kappa shape index (κ3) is 2.65. The molecule has 0 bridgehead atoms. The van der Waals surface area contributed by atoms with E-state index in [2.05, 4.69) is 20.9 Å².